The van der Waals surface area contributed by atoms with Crippen LogP contribution in [-0.2, 0) is 19.1 Å². The topological polar surface area (TPSA) is 65.1 Å². The molecule has 0 aliphatic rings. The minimum Gasteiger partial charge on any atom is -0.483 e. The smallest absolute Gasteiger partial charge is 0.307 e. The second-order valence-corrected chi connectivity index (χ2v) is 5.79. The monoisotopic (exact) mass is 351 g/mol. The van der Waals surface area contributed by atoms with E-state index in [4.69, 9.17) is 14.2 Å². The van der Waals surface area contributed by atoms with Crippen LogP contribution in [-0.4, -0.2) is 56.8 Å². The molecule has 0 saturated heterocycles. The number of benzene rings is 1. The van der Waals surface area contributed by atoms with Gasteiger partial charge in [0.2, 0.25) is 0 Å². The van der Waals surface area contributed by atoms with Gasteiger partial charge in [0.05, 0.1) is 13.0 Å². The van der Waals surface area contributed by atoms with Crippen LogP contribution in [0.2, 0.25) is 0 Å². The zero-order chi connectivity index (χ0) is 18.7. The fraction of sp³-hybridized carbons (Fsp3) is 0.579. The lowest BCUT2D eigenvalue weighted by molar-refractivity contribution is -0.144. The molecule has 0 spiro atoms. The van der Waals surface area contributed by atoms with Crippen LogP contribution in [0.25, 0.3) is 0 Å². The minimum atomic E-state index is -0.303. The van der Waals surface area contributed by atoms with Crippen LogP contribution in [0.1, 0.15) is 30.9 Å². The van der Waals surface area contributed by atoms with Crippen molar-refractivity contribution in [2.24, 2.45) is 0 Å². The Morgan fingerprint density at radius 2 is 1.80 bits per heavy atom. The molecule has 0 unspecified atom stereocenters. The van der Waals surface area contributed by atoms with Gasteiger partial charge in [-0.15, -0.1) is 0 Å². The van der Waals surface area contributed by atoms with Crippen molar-refractivity contribution in [3.63, 3.8) is 0 Å². The summed E-state index contributed by atoms with van der Waals surface area (Å²) in [6.45, 7) is 7.33. The van der Waals surface area contributed by atoms with Crippen molar-refractivity contribution in [2.45, 2.75) is 33.6 Å². The first-order chi connectivity index (χ1) is 12.0. The Labute approximate surface area is 150 Å². The lowest BCUT2D eigenvalue weighted by atomic mass is 10.1. The summed E-state index contributed by atoms with van der Waals surface area (Å²) in [7, 11) is 1.62. The number of methoxy groups -OCH3 is 1. The van der Waals surface area contributed by atoms with E-state index in [0.29, 0.717) is 32.7 Å². The summed E-state index contributed by atoms with van der Waals surface area (Å²) < 4.78 is 15.7. The molecule has 0 atom stereocenters. The molecule has 1 aromatic rings. The van der Waals surface area contributed by atoms with E-state index in [2.05, 4.69) is 0 Å². The minimum absolute atomic E-state index is 0.0541. The summed E-state index contributed by atoms with van der Waals surface area (Å²) in [6, 6.07) is 5.85. The average Bonchev–Trinajstić information content (AvgIpc) is 2.57. The van der Waals surface area contributed by atoms with Gasteiger partial charge < -0.3 is 19.1 Å². The van der Waals surface area contributed by atoms with E-state index in [0.717, 1.165) is 16.9 Å². The summed E-state index contributed by atoms with van der Waals surface area (Å²) >= 11 is 0. The Hall–Kier alpha value is -2.08. The molecule has 0 aliphatic carbocycles. The van der Waals surface area contributed by atoms with Crippen LogP contribution in [0.15, 0.2) is 18.2 Å². The molecule has 0 saturated carbocycles. The van der Waals surface area contributed by atoms with Crippen molar-refractivity contribution in [1.82, 2.24) is 4.90 Å². The van der Waals surface area contributed by atoms with E-state index in [1.54, 1.807) is 18.9 Å². The Bertz CT molecular complexity index is 538. The van der Waals surface area contributed by atoms with Crippen LogP contribution in [0.4, 0.5) is 0 Å². The lowest BCUT2D eigenvalue weighted by Gasteiger charge is -2.23. The van der Waals surface area contributed by atoms with E-state index in [9.17, 15) is 9.59 Å². The van der Waals surface area contributed by atoms with E-state index in [1.165, 1.54) is 0 Å². The molecular weight excluding hydrogens is 322 g/mol. The highest BCUT2D eigenvalue weighted by atomic mass is 16.5. The van der Waals surface area contributed by atoms with E-state index >= 15 is 0 Å². The number of hydrogen-bond acceptors (Lipinski definition) is 5. The first kappa shape index (κ1) is 21.0. The van der Waals surface area contributed by atoms with Gasteiger partial charge in [-0.25, -0.2) is 0 Å². The third kappa shape index (κ3) is 7.56. The molecule has 1 rings (SSSR count). The number of rotatable bonds is 11. The van der Waals surface area contributed by atoms with Gasteiger partial charge in [0.25, 0.3) is 5.91 Å². The summed E-state index contributed by atoms with van der Waals surface area (Å²) in [6.07, 6.45) is 0.879. The van der Waals surface area contributed by atoms with Crippen LogP contribution >= 0.6 is 0 Å². The second-order valence-electron chi connectivity index (χ2n) is 5.79. The third-order valence-corrected chi connectivity index (χ3v) is 3.77. The van der Waals surface area contributed by atoms with Crippen molar-refractivity contribution in [1.29, 1.82) is 0 Å². The summed E-state index contributed by atoms with van der Waals surface area (Å²) in [5, 5.41) is 0. The first-order valence-electron chi connectivity index (χ1n) is 8.61. The van der Waals surface area contributed by atoms with Crippen molar-refractivity contribution in [2.75, 3.05) is 40.0 Å². The summed E-state index contributed by atoms with van der Waals surface area (Å²) in [4.78, 5) is 25.7. The number of carbonyl (C=O) groups is 2. The molecule has 25 heavy (non-hydrogen) atoms. The number of aryl methyl sites for hydroxylation is 2. The van der Waals surface area contributed by atoms with Gasteiger partial charge in [-0.05, 0) is 38.3 Å². The van der Waals surface area contributed by atoms with E-state index in [1.807, 2.05) is 32.0 Å². The quantitative estimate of drug-likeness (QED) is 0.453. The molecule has 140 valence electrons. The predicted molar refractivity (Wildman–Crippen MR) is 95.7 cm³/mol. The van der Waals surface area contributed by atoms with Crippen LogP contribution < -0.4 is 4.74 Å². The number of amides is 1. The van der Waals surface area contributed by atoms with Crippen molar-refractivity contribution in [3.05, 3.63) is 29.3 Å². The molecule has 0 radical (unpaired) electrons. The van der Waals surface area contributed by atoms with Gasteiger partial charge in [0.15, 0.2) is 6.61 Å². The van der Waals surface area contributed by atoms with Crippen LogP contribution in [0, 0.1) is 13.8 Å². The summed E-state index contributed by atoms with van der Waals surface area (Å²) in [5.41, 5.74) is 1.98. The standard InChI is InChI=1S/C19H29NO5/c1-5-24-18(22)10-12-20(11-7-13-23-4)17(21)14-25-19-15(2)8-6-9-16(19)3/h6,8-9H,5,7,10-14H2,1-4H3. The van der Waals surface area contributed by atoms with E-state index < -0.39 is 0 Å². The Morgan fingerprint density at radius 1 is 1.12 bits per heavy atom. The lowest BCUT2D eigenvalue weighted by Crippen LogP contribution is -2.38. The van der Waals surface area contributed by atoms with Gasteiger partial charge in [0.1, 0.15) is 5.75 Å². The maximum Gasteiger partial charge on any atom is 0.307 e. The fourth-order valence-corrected chi connectivity index (χ4v) is 2.47. The second kappa shape index (κ2) is 11.5. The highest BCUT2D eigenvalue weighted by Crippen LogP contribution is 2.22. The molecule has 0 aromatic heterocycles. The maximum absolute atomic E-state index is 12.5. The molecule has 1 amide bonds. The SMILES string of the molecule is CCOC(=O)CCN(CCCOC)C(=O)COc1c(C)cccc1C. The molecule has 0 N–H and O–H groups in total. The van der Waals surface area contributed by atoms with E-state index in [-0.39, 0.29) is 24.9 Å². The van der Waals surface area contributed by atoms with Gasteiger partial charge in [-0.3, -0.25) is 9.59 Å². The Balaban J connectivity index is 2.62. The normalized spacial score (nSPS) is 10.4. The fourth-order valence-electron chi connectivity index (χ4n) is 2.47. The van der Waals surface area contributed by atoms with Crippen molar-refractivity contribution in [3.8, 4) is 5.75 Å². The van der Waals surface area contributed by atoms with Crippen molar-refractivity contribution < 1.29 is 23.8 Å². The van der Waals surface area contributed by atoms with Gasteiger partial charge in [0, 0.05) is 26.8 Å². The molecule has 6 heteroatoms. The maximum atomic E-state index is 12.5. The zero-order valence-corrected chi connectivity index (χ0v) is 15.7. The number of hydrogen-bond donors (Lipinski definition) is 0. The Morgan fingerprint density at radius 3 is 2.40 bits per heavy atom. The predicted octanol–water partition coefficient (Wildman–Crippen LogP) is 2.50. The molecule has 0 heterocycles. The number of carbonyl (C=O) groups excluding carboxylic acids is 2. The third-order valence-electron chi connectivity index (χ3n) is 3.77. The number of nitrogens with zero attached hydrogens (tertiary/aromatic N) is 1. The van der Waals surface area contributed by atoms with Gasteiger partial charge in [-0.1, -0.05) is 18.2 Å². The largest absolute Gasteiger partial charge is 0.483 e. The highest BCUT2D eigenvalue weighted by Gasteiger charge is 2.17. The van der Waals surface area contributed by atoms with Gasteiger partial charge >= 0.3 is 5.97 Å². The molecule has 1 aromatic carbocycles. The average molecular weight is 351 g/mol. The van der Waals surface area contributed by atoms with Crippen LogP contribution in [0.3, 0.4) is 0 Å². The Kier molecular flexibility index (Phi) is 9.62. The summed E-state index contributed by atoms with van der Waals surface area (Å²) in [5.74, 6) is 0.281. The number of esters is 1. The van der Waals surface area contributed by atoms with Crippen LogP contribution in [0.5, 0.6) is 5.75 Å². The molecule has 0 bridgehead atoms. The number of para-hydroxylation sites is 1. The van der Waals surface area contributed by atoms with Gasteiger partial charge in [-0.2, -0.15) is 0 Å². The molecule has 6 nitrogen and oxygen atoms in total. The highest BCUT2D eigenvalue weighted by molar-refractivity contribution is 5.78. The number of ether oxygens (including phenoxy) is 3. The molecule has 0 fully saturated rings. The molecular formula is C19H29NO5. The molecule has 0 aliphatic heterocycles. The zero-order valence-electron chi connectivity index (χ0n) is 15.7. The first-order valence-corrected chi connectivity index (χ1v) is 8.61. The van der Waals surface area contributed by atoms with Crippen molar-refractivity contribution >= 4 is 11.9 Å².